The standard InChI is InChI=1S/C14H19BClNO3S/c1-13(2)14(3,4)20-15(13)21-10-9(5-6-17-11(10)16)12-18-7-8-19-12/h5-6,12H,7-8H2,1-4H3. The molecule has 0 radical (unpaired) electrons. The van der Waals surface area contributed by atoms with Gasteiger partial charge in [-0.25, -0.2) is 4.98 Å². The van der Waals surface area contributed by atoms with Gasteiger partial charge in [-0.3, -0.25) is 0 Å². The molecular formula is C14H19BClNO3S. The molecule has 2 fully saturated rings. The third-order valence-corrected chi connectivity index (χ3v) is 6.50. The highest BCUT2D eigenvalue weighted by Crippen LogP contribution is 2.59. The molecule has 21 heavy (non-hydrogen) atoms. The van der Waals surface area contributed by atoms with E-state index in [-0.39, 0.29) is 23.4 Å². The Morgan fingerprint density at radius 2 is 1.95 bits per heavy atom. The molecule has 1 aromatic heterocycles. The lowest BCUT2D eigenvalue weighted by atomic mass is 9.49. The maximum atomic E-state index is 6.30. The van der Waals surface area contributed by atoms with Crippen LogP contribution in [0, 0.1) is 0 Å². The average molecular weight is 328 g/mol. The molecule has 0 aromatic carbocycles. The lowest BCUT2D eigenvalue weighted by molar-refractivity contribution is -0.0461. The van der Waals surface area contributed by atoms with E-state index in [1.165, 1.54) is 0 Å². The molecule has 2 saturated heterocycles. The largest absolute Gasteiger partial charge is 0.420 e. The van der Waals surface area contributed by atoms with Gasteiger partial charge in [-0.15, -0.1) is 11.6 Å². The predicted octanol–water partition coefficient (Wildman–Crippen LogP) is 3.95. The van der Waals surface area contributed by atoms with Gasteiger partial charge in [0.2, 0.25) is 0 Å². The molecule has 1 aromatic rings. The molecule has 0 unspecified atom stereocenters. The number of ether oxygens (including phenoxy) is 2. The molecule has 3 heterocycles. The third-order valence-electron chi connectivity index (χ3n) is 4.53. The Hall–Kier alpha value is -0.265. The van der Waals surface area contributed by atoms with Crippen molar-refractivity contribution in [2.75, 3.05) is 13.2 Å². The number of aromatic nitrogens is 1. The highest BCUT2D eigenvalue weighted by atomic mass is 35.5. The molecule has 0 spiro atoms. The fourth-order valence-corrected chi connectivity index (χ4v) is 4.18. The molecule has 0 bridgehead atoms. The minimum atomic E-state index is -0.357. The number of hydrogen-bond acceptors (Lipinski definition) is 5. The van der Waals surface area contributed by atoms with Crippen molar-refractivity contribution >= 4 is 29.4 Å². The van der Waals surface area contributed by atoms with E-state index in [1.807, 2.05) is 6.07 Å². The Morgan fingerprint density at radius 3 is 2.52 bits per heavy atom. The van der Waals surface area contributed by atoms with Crippen LogP contribution in [0.3, 0.4) is 0 Å². The zero-order chi connectivity index (χ0) is 15.3. The molecule has 0 aliphatic carbocycles. The summed E-state index contributed by atoms with van der Waals surface area (Å²) in [7, 11) is 0. The van der Waals surface area contributed by atoms with E-state index in [9.17, 15) is 0 Å². The summed E-state index contributed by atoms with van der Waals surface area (Å²) in [6.07, 6.45) is 1.36. The second kappa shape index (κ2) is 5.42. The quantitative estimate of drug-likeness (QED) is 0.621. The Labute approximate surface area is 134 Å². The van der Waals surface area contributed by atoms with Crippen LogP contribution in [0.4, 0.5) is 0 Å². The monoisotopic (exact) mass is 327 g/mol. The normalized spacial score (nSPS) is 24.1. The van der Waals surface area contributed by atoms with Crippen molar-refractivity contribution in [2.45, 2.75) is 49.8 Å². The maximum Gasteiger partial charge on any atom is 0.375 e. The molecule has 0 amide bonds. The van der Waals surface area contributed by atoms with E-state index in [0.29, 0.717) is 18.4 Å². The molecule has 4 nitrogen and oxygen atoms in total. The number of rotatable bonds is 3. The van der Waals surface area contributed by atoms with Crippen LogP contribution >= 0.6 is 23.2 Å². The fourth-order valence-electron chi connectivity index (χ4n) is 2.35. The Bertz CT molecular complexity index is 549. The van der Waals surface area contributed by atoms with Gasteiger partial charge >= 0.3 is 6.19 Å². The number of pyridine rings is 1. The first-order valence-electron chi connectivity index (χ1n) is 7.05. The summed E-state index contributed by atoms with van der Waals surface area (Å²) in [6.45, 7) is 9.85. The molecule has 0 saturated carbocycles. The smallest absolute Gasteiger partial charge is 0.375 e. The summed E-state index contributed by atoms with van der Waals surface area (Å²) in [5.41, 5.74) is 0.793. The van der Waals surface area contributed by atoms with Crippen molar-refractivity contribution in [3.8, 4) is 0 Å². The van der Waals surface area contributed by atoms with Gasteiger partial charge in [-0.1, -0.05) is 25.4 Å². The minimum absolute atomic E-state index is 0.0364. The van der Waals surface area contributed by atoms with Crippen LogP contribution in [-0.4, -0.2) is 30.0 Å². The first kappa shape index (κ1) is 15.6. The fraction of sp³-hybridized carbons (Fsp3) is 0.643. The Kier molecular flexibility index (Phi) is 4.04. The van der Waals surface area contributed by atoms with Gasteiger partial charge in [0.1, 0.15) is 5.15 Å². The van der Waals surface area contributed by atoms with E-state index in [1.54, 1.807) is 17.8 Å². The SMILES string of the molecule is CC1(C)OB(Sc2c(C3OCCO3)ccnc2Cl)C1(C)C. The molecule has 7 heteroatoms. The summed E-state index contributed by atoms with van der Waals surface area (Å²) in [5, 5.41) is 0.520. The van der Waals surface area contributed by atoms with Crippen molar-refractivity contribution in [1.82, 2.24) is 4.98 Å². The third kappa shape index (κ3) is 2.61. The summed E-state index contributed by atoms with van der Waals surface area (Å²) < 4.78 is 17.2. The van der Waals surface area contributed by atoms with Crippen molar-refractivity contribution in [3.05, 3.63) is 23.0 Å². The Morgan fingerprint density at radius 1 is 1.29 bits per heavy atom. The zero-order valence-electron chi connectivity index (χ0n) is 12.7. The average Bonchev–Trinajstić information content (AvgIpc) is 2.93. The van der Waals surface area contributed by atoms with E-state index in [0.717, 1.165) is 10.5 Å². The van der Waals surface area contributed by atoms with Crippen LogP contribution in [0.1, 0.15) is 39.5 Å². The van der Waals surface area contributed by atoms with Crippen molar-refractivity contribution in [3.63, 3.8) is 0 Å². The van der Waals surface area contributed by atoms with Crippen LogP contribution < -0.4 is 0 Å². The summed E-state index contributed by atoms with van der Waals surface area (Å²) in [4.78, 5) is 5.07. The lowest BCUT2D eigenvalue weighted by Crippen LogP contribution is -2.59. The molecule has 3 rings (SSSR count). The summed E-state index contributed by atoms with van der Waals surface area (Å²) in [6, 6.07) is 1.90. The van der Waals surface area contributed by atoms with Crippen molar-refractivity contribution in [1.29, 1.82) is 0 Å². The van der Waals surface area contributed by atoms with E-state index >= 15 is 0 Å². The van der Waals surface area contributed by atoms with Crippen LogP contribution in [-0.2, 0) is 14.1 Å². The van der Waals surface area contributed by atoms with Gasteiger partial charge in [0.25, 0.3) is 0 Å². The van der Waals surface area contributed by atoms with Gasteiger partial charge in [0.05, 0.1) is 13.2 Å². The van der Waals surface area contributed by atoms with Crippen LogP contribution in [0.2, 0.25) is 10.5 Å². The van der Waals surface area contributed by atoms with E-state index in [4.69, 9.17) is 25.7 Å². The summed E-state index contributed by atoms with van der Waals surface area (Å²) >= 11 is 7.90. The van der Waals surface area contributed by atoms with Gasteiger partial charge in [0, 0.05) is 27.6 Å². The second-order valence-corrected chi connectivity index (χ2v) is 7.82. The zero-order valence-corrected chi connectivity index (χ0v) is 14.3. The molecule has 2 aliphatic rings. The van der Waals surface area contributed by atoms with Crippen LogP contribution in [0.25, 0.3) is 0 Å². The lowest BCUT2D eigenvalue weighted by Gasteiger charge is -2.56. The number of halogens is 1. The van der Waals surface area contributed by atoms with E-state index < -0.39 is 0 Å². The molecule has 0 N–H and O–H groups in total. The number of hydrogen-bond donors (Lipinski definition) is 0. The molecular weight excluding hydrogens is 308 g/mol. The van der Waals surface area contributed by atoms with Gasteiger partial charge in [-0.2, -0.15) is 0 Å². The molecule has 2 aliphatic heterocycles. The minimum Gasteiger partial charge on any atom is -0.420 e. The first-order valence-corrected chi connectivity index (χ1v) is 8.31. The predicted molar refractivity (Wildman–Crippen MR) is 84.7 cm³/mol. The van der Waals surface area contributed by atoms with Gasteiger partial charge < -0.3 is 14.1 Å². The van der Waals surface area contributed by atoms with Gasteiger partial charge in [-0.05, 0) is 19.9 Å². The van der Waals surface area contributed by atoms with Gasteiger partial charge in [0.15, 0.2) is 6.29 Å². The second-order valence-electron chi connectivity index (χ2n) is 6.39. The van der Waals surface area contributed by atoms with Crippen molar-refractivity contribution in [2.24, 2.45) is 0 Å². The van der Waals surface area contributed by atoms with Crippen LogP contribution in [0.15, 0.2) is 17.2 Å². The molecule has 114 valence electrons. The van der Waals surface area contributed by atoms with Crippen LogP contribution in [0.5, 0.6) is 0 Å². The topological polar surface area (TPSA) is 40.6 Å². The highest BCUT2D eigenvalue weighted by molar-refractivity contribution is 8.25. The van der Waals surface area contributed by atoms with E-state index in [2.05, 4.69) is 32.7 Å². The first-order chi connectivity index (χ1) is 9.83. The maximum absolute atomic E-state index is 6.30. The highest BCUT2D eigenvalue weighted by Gasteiger charge is 2.59. The molecule has 0 atom stereocenters. The van der Waals surface area contributed by atoms with Crippen molar-refractivity contribution < 1.29 is 14.1 Å². The summed E-state index contributed by atoms with van der Waals surface area (Å²) in [5.74, 6) is 0. The number of nitrogens with zero attached hydrogens (tertiary/aromatic N) is 1. The Balaban J connectivity index is 1.86.